The largest absolute Gasteiger partial charge is 0.378 e. The molecule has 2 atom stereocenters. The van der Waals surface area contributed by atoms with Crippen molar-refractivity contribution in [2.24, 2.45) is 5.92 Å². The molecule has 2 unspecified atom stereocenters. The molecular weight excluding hydrogens is 258 g/mol. The van der Waals surface area contributed by atoms with Gasteiger partial charge in [0.25, 0.3) is 0 Å². The number of nitrogens with zero attached hydrogens (tertiary/aromatic N) is 2. The van der Waals surface area contributed by atoms with Gasteiger partial charge in [0.05, 0.1) is 6.10 Å². The first-order chi connectivity index (χ1) is 9.26. The molecule has 1 aromatic heterocycles. The summed E-state index contributed by atoms with van der Waals surface area (Å²) < 4.78 is 10.3. The van der Waals surface area contributed by atoms with Crippen molar-refractivity contribution in [3.63, 3.8) is 0 Å². The van der Waals surface area contributed by atoms with Crippen LogP contribution in [0.4, 0.5) is 5.13 Å². The summed E-state index contributed by atoms with van der Waals surface area (Å²) in [6.07, 6.45) is 5.87. The summed E-state index contributed by atoms with van der Waals surface area (Å²) in [5, 5.41) is 4.50. The number of ether oxygens (including phenoxy) is 1. The zero-order valence-electron chi connectivity index (χ0n) is 12.2. The monoisotopic (exact) mass is 283 g/mol. The Hall–Kier alpha value is -0.680. The van der Waals surface area contributed by atoms with Crippen LogP contribution in [0.5, 0.6) is 0 Å². The van der Waals surface area contributed by atoms with Crippen LogP contribution in [0.15, 0.2) is 0 Å². The number of hydrogen-bond donors (Lipinski definition) is 1. The lowest BCUT2D eigenvalue weighted by Gasteiger charge is -2.34. The number of rotatable bonds is 6. The highest BCUT2D eigenvalue weighted by atomic mass is 32.1. The van der Waals surface area contributed by atoms with Gasteiger partial charge in [-0.1, -0.05) is 33.6 Å². The molecule has 1 saturated heterocycles. The molecule has 0 spiro atoms. The molecule has 0 radical (unpaired) electrons. The molecule has 0 aliphatic carbocycles. The molecule has 2 rings (SSSR count). The molecule has 0 aromatic carbocycles. The van der Waals surface area contributed by atoms with E-state index in [9.17, 15) is 0 Å². The summed E-state index contributed by atoms with van der Waals surface area (Å²) in [6.45, 7) is 7.46. The van der Waals surface area contributed by atoms with E-state index in [4.69, 9.17) is 4.74 Å². The Morgan fingerprint density at radius 1 is 1.37 bits per heavy atom. The van der Waals surface area contributed by atoms with Gasteiger partial charge < -0.3 is 10.1 Å². The summed E-state index contributed by atoms with van der Waals surface area (Å²) >= 11 is 1.48. The van der Waals surface area contributed by atoms with E-state index in [1.54, 1.807) is 0 Å². The fourth-order valence-corrected chi connectivity index (χ4v) is 3.46. The third kappa shape index (κ3) is 3.89. The second kappa shape index (κ2) is 7.20. The fourth-order valence-electron chi connectivity index (χ4n) is 2.73. The predicted octanol–water partition coefficient (Wildman–Crippen LogP) is 3.50. The highest BCUT2D eigenvalue weighted by molar-refractivity contribution is 7.09. The Kier molecular flexibility index (Phi) is 5.58. The van der Waals surface area contributed by atoms with Crippen molar-refractivity contribution in [2.75, 3.05) is 11.9 Å². The molecule has 108 valence electrons. The van der Waals surface area contributed by atoms with Crippen molar-refractivity contribution >= 4 is 16.7 Å². The Bertz CT molecular complexity index is 379. The average Bonchev–Trinajstić information content (AvgIpc) is 2.88. The van der Waals surface area contributed by atoms with Gasteiger partial charge in [-0.2, -0.15) is 4.37 Å². The smallest absolute Gasteiger partial charge is 0.202 e. The molecule has 1 aliphatic rings. The van der Waals surface area contributed by atoms with E-state index < -0.39 is 0 Å². The summed E-state index contributed by atoms with van der Waals surface area (Å²) in [5.74, 6) is 1.63. The topological polar surface area (TPSA) is 47.0 Å². The van der Waals surface area contributed by atoms with Crippen molar-refractivity contribution in [3.8, 4) is 0 Å². The van der Waals surface area contributed by atoms with Crippen molar-refractivity contribution < 1.29 is 4.74 Å². The molecule has 1 aromatic rings. The molecule has 5 heteroatoms. The van der Waals surface area contributed by atoms with E-state index in [1.807, 2.05) is 0 Å². The maximum Gasteiger partial charge on any atom is 0.202 e. The normalized spacial score (nSPS) is 23.8. The van der Waals surface area contributed by atoms with Gasteiger partial charge in [0.15, 0.2) is 0 Å². The Balaban J connectivity index is 1.90. The number of anilines is 1. The summed E-state index contributed by atoms with van der Waals surface area (Å²) in [7, 11) is 0. The second-order valence-corrected chi connectivity index (χ2v) is 5.97. The first-order valence-electron chi connectivity index (χ1n) is 7.47. The van der Waals surface area contributed by atoms with Gasteiger partial charge in [0.1, 0.15) is 5.82 Å². The van der Waals surface area contributed by atoms with Gasteiger partial charge in [0.2, 0.25) is 5.13 Å². The van der Waals surface area contributed by atoms with E-state index in [2.05, 4.69) is 35.4 Å². The molecule has 0 amide bonds. The van der Waals surface area contributed by atoms with E-state index in [0.29, 0.717) is 18.1 Å². The van der Waals surface area contributed by atoms with E-state index in [0.717, 1.165) is 36.8 Å². The van der Waals surface area contributed by atoms with Crippen molar-refractivity contribution in [2.45, 2.75) is 65.0 Å². The molecule has 1 aliphatic heterocycles. The zero-order chi connectivity index (χ0) is 13.7. The van der Waals surface area contributed by atoms with Crippen molar-refractivity contribution in [3.05, 3.63) is 5.82 Å². The quantitative estimate of drug-likeness (QED) is 0.868. The Morgan fingerprint density at radius 2 is 2.16 bits per heavy atom. The third-order valence-corrected chi connectivity index (χ3v) is 4.69. The van der Waals surface area contributed by atoms with Gasteiger partial charge >= 0.3 is 0 Å². The van der Waals surface area contributed by atoms with Crippen LogP contribution in [0, 0.1) is 5.92 Å². The molecule has 0 saturated carbocycles. The SMILES string of the molecule is CCc1nsc(NC2CCOC(C(CC)CC)C2)n1. The molecule has 4 nitrogen and oxygen atoms in total. The number of hydrogen-bond acceptors (Lipinski definition) is 5. The first kappa shape index (κ1) is 14.7. The lowest BCUT2D eigenvalue weighted by Crippen LogP contribution is -2.37. The number of aromatic nitrogens is 2. The van der Waals surface area contributed by atoms with Crippen LogP contribution >= 0.6 is 11.5 Å². The van der Waals surface area contributed by atoms with Gasteiger partial charge in [-0.3, -0.25) is 0 Å². The van der Waals surface area contributed by atoms with Gasteiger partial charge in [0, 0.05) is 30.6 Å². The molecular formula is C14H25N3OS. The minimum absolute atomic E-state index is 0.403. The van der Waals surface area contributed by atoms with E-state index >= 15 is 0 Å². The average molecular weight is 283 g/mol. The molecule has 1 N–H and O–H groups in total. The first-order valence-corrected chi connectivity index (χ1v) is 8.24. The van der Waals surface area contributed by atoms with Crippen molar-refractivity contribution in [1.29, 1.82) is 0 Å². The predicted molar refractivity (Wildman–Crippen MR) is 79.7 cm³/mol. The second-order valence-electron chi connectivity index (χ2n) is 5.22. The third-order valence-electron chi connectivity index (χ3n) is 4.00. The maximum atomic E-state index is 5.94. The minimum atomic E-state index is 0.403. The van der Waals surface area contributed by atoms with Crippen LogP contribution in [0.25, 0.3) is 0 Å². The zero-order valence-corrected chi connectivity index (χ0v) is 13.0. The highest BCUT2D eigenvalue weighted by Gasteiger charge is 2.27. The lowest BCUT2D eigenvalue weighted by atomic mass is 9.89. The molecule has 2 heterocycles. The summed E-state index contributed by atoms with van der Waals surface area (Å²) in [6, 6.07) is 0.483. The van der Waals surface area contributed by atoms with E-state index in [1.165, 1.54) is 24.4 Å². The van der Waals surface area contributed by atoms with Crippen LogP contribution < -0.4 is 5.32 Å². The minimum Gasteiger partial charge on any atom is -0.378 e. The Labute approximate surface area is 120 Å². The van der Waals surface area contributed by atoms with Crippen LogP contribution in [0.2, 0.25) is 0 Å². The lowest BCUT2D eigenvalue weighted by molar-refractivity contribution is -0.0271. The van der Waals surface area contributed by atoms with Crippen LogP contribution in [-0.4, -0.2) is 28.1 Å². The van der Waals surface area contributed by atoms with Gasteiger partial charge in [-0.05, 0) is 18.8 Å². The fraction of sp³-hybridized carbons (Fsp3) is 0.857. The Morgan fingerprint density at radius 3 is 2.79 bits per heavy atom. The molecule has 19 heavy (non-hydrogen) atoms. The van der Waals surface area contributed by atoms with Crippen molar-refractivity contribution in [1.82, 2.24) is 9.36 Å². The number of aryl methyl sites for hydroxylation is 1. The van der Waals surface area contributed by atoms with Gasteiger partial charge in [-0.15, -0.1) is 0 Å². The standard InChI is InChI=1S/C14H25N3OS/c1-4-10(5-2)12-9-11(7-8-18-12)15-14-16-13(6-3)17-19-14/h10-12H,4-9H2,1-3H3,(H,15,16,17). The summed E-state index contributed by atoms with van der Waals surface area (Å²) in [4.78, 5) is 4.49. The molecule has 1 fully saturated rings. The van der Waals surface area contributed by atoms with E-state index in [-0.39, 0.29) is 0 Å². The van der Waals surface area contributed by atoms with Gasteiger partial charge in [-0.25, -0.2) is 4.98 Å². The number of nitrogens with one attached hydrogen (secondary N) is 1. The van der Waals surface area contributed by atoms with Crippen LogP contribution in [0.3, 0.4) is 0 Å². The van der Waals surface area contributed by atoms with Crippen LogP contribution in [0.1, 0.15) is 52.3 Å². The summed E-state index contributed by atoms with van der Waals surface area (Å²) in [5.41, 5.74) is 0. The highest BCUT2D eigenvalue weighted by Crippen LogP contribution is 2.27. The molecule has 0 bridgehead atoms. The van der Waals surface area contributed by atoms with Crippen LogP contribution in [-0.2, 0) is 11.2 Å². The maximum absolute atomic E-state index is 5.94.